The van der Waals surface area contributed by atoms with Gasteiger partial charge in [0.2, 0.25) is 0 Å². The molecule has 2 aromatic carbocycles. The Morgan fingerprint density at radius 3 is 2.37 bits per heavy atom. The fraction of sp³-hybridized carbons (Fsp3) is 0.211. The van der Waals surface area contributed by atoms with Gasteiger partial charge in [0.05, 0.1) is 16.0 Å². The summed E-state index contributed by atoms with van der Waals surface area (Å²) in [6.07, 6.45) is 0. The first-order chi connectivity index (χ1) is 13.0. The van der Waals surface area contributed by atoms with Gasteiger partial charge in [0.15, 0.2) is 0 Å². The second kappa shape index (κ2) is 6.86. The number of halogens is 2. The number of likely N-dealkylation sites (N-methyl/N-ethyl adjacent to an activating group) is 1. The number of carbonyl (C=O) groups excluding carboxylic acids is 2. The third kappa shape index (κ3) is 2.74. The van der Waals surface area contributed by atoms with Crippen LogP contribution in [0.3, 0.4) is 0 Å². The topological polar surface area (TPSA) is 59.0 Å². The fourth-order valence-corrected chi connectivity index (χ4v) is 5.18. The zero-order chi connectivity index (χ0) is 19.2. The number of hydrogen-bond donors (Lipinski definition) is 0. The van der Waals surface area contributed by atoms with Crippen molar-refractivity contribution in [1.29, 1.82) is 0 Å². The first kappa shape index (κ1) is 18.3. The van der Waals surface area contributed by atoms with Crippen LogP contribution in [-0.4, -0.2) is 33.2 Å². The highest BCUT2D eigenvalue weighted by Crippen LogP contribution is 2.53. The van der Waals surface area contributed by atoms with Gasteiger partial charge in [0.1, 0.15) is 5.71 Å². The minimum absolute atomic E-state index is 0.263. The number of oxime groups is 1. The van der Waals surface area contributed by atoms with E-state index in [0.717, 1.165) is 17.3 Å². The molecule has 5 nitrogen and oxygen atoms in total. The molecule has 1 fully saturated rings. The van der Waals surface area contributed by atoms with Crippen LogP contribution in [0.25, 0.3) is 0 Å². The summed E-state index contributed by atoms with van der Waals surface area (Å²) in [4.78, 5) is 30.9. The highest BCUT2D eigenvalue weighted by Gasteiger charge is 2.65. The van der Waals surface area contributed by atoms with E-state index in [4.69, 9.17) is 28.0 Å². The molecule has 2 aliphatic heterocycles. The molecule has 2 aromatic rings. The maximum Gasteiger partial charge on any atom is 0.292 e. The Morgan fingerprint density at radius 1 is 1.11 bits per heavy atom. The quantitative estimate of drug-likeness (QED) is 0.706. The van der Waals surface area contributed by atoms with Gasteiger partial charge in [0, 0.05) is 12.1 Å². The van der Waals surface area contributed by atoms with Gasteiger partial charge in [-0.25, -0.2) is 0 Å². The van der Waals surface area contributed by atoms with Crippen LogP contribution in [0.4, 0.5) is 4.79 Å². The lowest BCUT2D eigenvalue weighted by atomic mass is 9.85. The first-order valence-electron chi connectivity index (χ1n) is 8.30. The Hall–Kier alpha value is -2.02. The van der Waals surface area contributed by atoms with E-state index in [2.05, 4.69) is 5.16 Å². The third-order valence-corrected chi connectivity index (χ3v) is 6.42. The molecule has 138 valence electrons. The summed E-state index contributed by atoms with van der Waals surface area (Å²) in [7, 11) is 0. The van der Waals surface area contributed by atoms with Gasteiger partial charge in [0.25, 0.3) is 16.1 Å². The molecular formula is C19H14Cl2N2O3S. The van der Waals surface area contributed by atoms with E-state index in [1.165, 1.54) is 4.90 Å². The molecule has 2 heterocycles. The second-order valence-corrected chi connectivity index (χ2v) is 8.07. The van der Waals surface area contributed by atoms with Crippen molar-refractivity contribution in [3.63, 3.8) is 0 Å². The Bertz CT molecular complexity index is 946. The predicted molar refractivity (Wildman–Crippen MR) is 106 cm³/mol. The standard InChI is InChI=1S/C19H14Cl2N2O3S/c1-2-23-17(24)19(27-18(23)25)15(11-7-4-3-5-8-11)16(22-26-19)14-12(20)9-6-10-13(14)21/h3-10,15H,2H2,1H3/t15-,19+/m0/s1. The van der Waals surface area contributed by atoms with Crippen LogP contribution < -0.4 is 0 Å². The smallest absolute Gasteiger partial charge is 0.292 e. The largest absolute Gasteiger partial charge is 0.366 e. The monoisotopic (exact) mass is 420 g/mol. The summed E-state index contributed by atoms with van der Waals surface area (Å²) in [6.45, 7) is 2.01. The Labute approximate surface area is 170 Å². The zero-order valence-electron chi connectivity index (χ0n) is 14.2. The Kier molecular flexibility index (Phi) is 4.66. The lowest BCUT2D eigenvalue weighted by Gasteiger charge is -2.26. The van der Waals surface area contributed by atoms with Crippen molar-refractivity contribution >= 4 is 51.8 Å². The summed E-state index contributed by atoms with van der Waals surface area (Å²) in [5.74, 6) is -1.05. The number of nitrogens with zero attached hydrogens (tertiary/aromatic N) is 2. The minimum atomic E-state index is -1.49. The van der Waals surface area contributed by atoms with E-state index in [1.807, 2.05) is 30.3 Å². The van der Waals surface area contributed by atoms with Crippen molar-refractivity contribution in [2.75, 3.05) is 6.54 Å². The number of imide groups is 1. The van der Waals surface area contributed by atoms with E-state index in [9.17, 15) is 9.59 Å². The van der Waals surface area contributed by atoms with E-state index in [1.54, 1.807) is 25.1 Å². The molecule has 2 aliphatic rings. The molecule has 0 aromatic heterocycles. The second-order valence-electron chi connectivity index (χ2n) is 6.09. The molecule has 0 bridgehead atoms. The van der Waals surface area contributed by atoms with Crippen LogP contribution in [0.15, 0.2) is 53.7 Å². The number of benzene rings is 2. The van der Waals surface area contributed by atoms with E-state index < -0.39 is 16.8 Å². The van der Waals surface area contributed by atoms with Crippen molar-refractivity contribution < 1.29 is 14.4 Å². The number of carbonyl (C=O) groups is 2. The SMILES string of the molecule is CCN1C(=O)S[C@@]2(ON=C(c3c(Cl)cccc3Cl)[C@@H]2c2ccccc2)C1=O. The molecule has 1 saturated heterocycles. The van der Waals surface area contributed by atoms with E-state index in [-0.39, 0.29) is 11.8 Å². The molecule has 2 amide bonds. The minimum Gasteiger partial charge on any atom is -0.366 e. The van der Waals surface area contributed by atoms with Gasteiger partial charge in [-0.2, -0.15) is 0 Å². The van der Waals surface area contributed by atoms with E-state index in [0.29, 0.717) is 21.3 Å². The molecule has 0 N–H and O–H groups in total. The average molecular weight is 421 g/mol. The molecule has 27 heavy (non-hydrogen) atoms. The van der Waals surface area contributed by atoms with Gasteiger partial charge in [-0.1, -0.05) is 64.8 Å². The van der Waals surface area contributed by atoms with Crippen molar-refractivity contribution in [3.05, 3.63) is 69.7 Å². The lowest BCUT2D eigenvalue weighted by Crippen LogP contribution is -2.44. The summed E-state index contributed by atoms with van der Waals surface area (Å²) in [6, 6.07) is 14.5. The van der Waals surface area contributed by atoms with Crippen molar-refractivity contribution in [3.8, 4) is 0 Å². The molecule has 4 rings (SSSR count). The van der Waals surface area contributed by atoms with Crippen LogP contribution >= 0.6 is 35.0 Å². The van der Waals surface area contributed by atoms with Crippen molar-refractivity contribution in [2.45, 2.75) is 17.8 Å². The first-order valence-corrected chi connectivity index (χ1v) is 9.87. The summed E-state index contributed by atoms with van der Waals surface area (Å²) >= 11 is 13.6. The maximum absolute atomic E-state index is 13.1. The molecule has 1 spiro atoms. The van der Waals surface area contributed by atoms with Gasteiger partial charge < -0.3 is 4.84 Å². The number of rotatable bonds is 3. The van der Waals surface area contributed by atoms with Crippen molar-refractivity contribution in [1.82, 2.24) is 4.90 Å². The molecule has 0 aliphatic carbocycles. The van der Waals surface area contributed by atoms with Crippen LogP contribution in [0.1, 0.15) is 24.0 Å². The molecule has 0 saturated carbocycles. The van der Waals surface area contributed by atoms with Crippen molar-refractivity contribution in [2.24, 2.45) is 5.16 Å². The maximum atomic E-state index is 13.1. The van der Waals surface area contributed by atoms with Crippen LogP contribution in [0, 0.1) is 0 Å². The van der Waals surface area contributed by atoms with Crippen LogP contribution in [-0.2, 0) is 9.63 Å². The summed E-state index contributed by atoms with van der Waals surface area (Å²) < 4.78 is 0. The molecule has 0 radical (unpaired) electrons. The molecule has 2 atom stereocenters. The summed E-state index contributed by atoms with van der Waals surface area (Å²) in [5.41, 5.74) is 1.72. The lowest BCUT2D eigenvalue weighted by molar-refractivity contribution is -0.140. The number of amides is 2. The van der Waals surface area contributed by atoms with Crippen LogP contribution in [0.5, 0.6) is 0 Å². The van der Waals surface area contributed by atoms with Gasteiger partial charge in [-0.3, -0.25) is 14.5 Å². The Morgan fingerprint density at radius 2 is 1.78 bits per heavy atom. The molecule has 0 unspecified atom stereocenters. The third-order valence-electron chi connectivity index (χ3n) is 4.60. The molecular weight excluding hydrogens is 407 g/mol. The average Bonchev–Trinajstić information content (AvgIpc) is 3.13. The highest BCUT2D eigenvalue weighted by atomic mass is 35.5. The van der Waals surface area contributed by atoms with E-state index >= 15 is 0 Å². The molecule has 8 heteroatoms. The van der Waals surface area contributed by atoms with Gasteiger partial charge in [-0.15, -0.1) is 0 Å². The zero-order valence-corrected chi connectivity index (χ0v) is 16.5. The van der Waals surface area contributed by atoms with Gasteiger partial charge in [-0.05, 0) is 36.4 Å². The Balaban J connectivity index is 1.90. The summed E-state index contributed by atoms with van der Waals surface area (Å²) in [5, 5.41) is 4.65. The highest BCUT2D eigenvalue weighted by molar-refractivity contribution is 8.16. The van der Waals surface area contributed by atoms with Crippen LogP contribution in [0.2, 0.25) is 10.0 Å². The number of thioether (sulfide) groups is 1. The van der Waals surface area contributed by atoms with Gasteiger partial charge >= 0.3 is 0 Å². The fourth-order valence-electron chi connectivity index (χ4n) is 3.37. The number of hydrogen-bond acceptors (Lipinski definition) is 5. The predicted octanol–water partition coefficient (Wildman–Crippen LogP) is 4.92. The normalized spacial score (nSPS) is 24.5.